The van der Waals surface area contributed by atoms with Crippen molar-refractivity contribution in [1.82, 2.24) is 19.5 Å². The van der Waals surface area contributed by atoms with Gasteiger partial charge in [0.1, 0.15) is 12.7 Å². The van der Waals surface area contributed by atoms with Gasteiger partial charge in [0.2, 0.25) is 5.95 Å². The van der Waals surface area contributed by atoms with Crippen molar-refractivity contribution in [2.45, 2.75) is 24.9 Å². The Morgan fingerprint density at radius 2 is 2.36 bits per heavy atom. The average Bonchev–Trinajstić information content (AvgIpc) is 3.13. The van der Waals surface area contributed by atoms with E-state index in [9.17, 15) is 15.0 Å². The van der Waals surface area contributed by atoms with Crippen LogP contribution in [0.1, 0.15) is 12.6 Å². The van der Waals surface area contributed by atoms with E-state index in [2.05, 4.69) is 20.9 Å². The first-order valence-electron chi connectivity index (χ1n) is 7.74. The largest absolute Gasteiger partial charge is 0.394 e. The Kier molecular flexibility index (Phi) is 5.00. The second-order valence-electron chi connectivity index (χ2n) is 5.72. The number of nitrogens with one attached hydrogen (secondary N) is 1. The summed E-state index contributed by atoms with van der Waals surface area (Å²) in [5, 5.41) is 20.2. The van der Waals surface area contributed by atoms with E-state index in [0.29, 0.717) is 13.0 Å². The van der Waals surface area contributed by atoms with Gasteiger partial charge < -0.3 is 25.4 Å². The van der Waals surface area contributed by atoms with Gasteiger partial charge in [-0.15, -0.1) is 6.42 Å². The molecule has 0 saturated carbocycles. The molecule has 0 unspecified atom stereocenters. The molecular weight excluding hydrogens is 330 g/mol. The summed E-state index contributed by atoms with van der Waals surface area (Å²) in [6, 6.07) is 0. The number of rotatable bonds is 6. The first-order chi connectivity index (χ1) is 12.1. The third-order valence-corrected chi connectivity index (χ3v) is 4.21. The lowest BCUT2D eigenvalue weighted by molar-refractivity contribution is -0.0494. The standard InChI is InChI=1S/C15H19N5O5/c1-2-4-24-5-3-8-9(6-21)25-14(11(8)22)20-7-17-10-12(20)18-15(16)19-13(10)23/h1,7-9,11,14,21-22H,3-6H2,(H3,16,18,19,23)/t8-,9-,11-,14-/m1/s1. The van der Waals surface area contributed by atoms with E-state index in [1.165, 1.54) is 10.9 Å². The molecule has 5 N–H and O–H groups in total. The Balaban J connectivity index is 1.86. The van der Waals surface area contributed by atoms with Gasteiger partial charge in [0.05, 0.1) is 19.0 Å². The van der Waals surface area contributed by atoms with Crippen molar-refractivity contribution in [3.63, 3.8) is 0 Å². The summed E-state index contributed by atoms with van der Waals surface area (Å²) < 4.78 is 12.4. The molecule has 3 heterocycles. The number of nitrogen functional groups attached to an aromatic ring is 1. The smallest absolute Gasteiger partial charge is 0.280 e. The minimum absolute atomic E-state index is 0.0651. The van der Waals surface area contributed by atoms with E-state index < -0.39 is 24.0 Å². The molecule has 0 bridgehead atoms. The molecule has 1 aliphatic rings. The van der Waals surface area contributed by atoms with E-state index in [0.717, 1.165) is 0 Å². The summed E-state index contributed by atoms with van der Waals surface area (Å²) in [5.74, 6) is 1.93. The number of imidazole rings is 1. The monoisotopic (exact) mass is 349 g/mol. The Bertz CT molecular complexity index is 841. The van der Waals surface area contributed by atoms with E-state index in [1.807, 2.05) is 0 Å². The third kappa shape index (κ3) is 3.22. The van der Waals surface area contributed by atoms with Gasteiger partial charge in [-0.05, 0) is 6.42 Å². The number of aromatic amines is 1. The second-order valence-corrected chi connectivity index (χ2v) is 5.72. The maximum Gasteiger partial charge on any atom is 0.280 e. The summed E-state index contributed by atoms with van der Waals surface area (Å²) in [6.45, 7) is 0.235. The predicted octanol–water partition coefficient (Wildman–Crippen LogP) is -1.39. The average molecular weight is 349 g/mol. The van der Waals surface area contributed by atoms with Crippen LogP contribution in [0.15, 0.2) is 11.1 Å². The fourth-order valence-corrected chi connectivity index (χ4v) is 3.04. The minimum atomic E-state index is -0.953. The number of hydrogen-bond donors (Lipinski definition) is 4. The number of fused-ring (bicyclic) bond motifs is 1. The molecule has 10 heteroatoms. The molecule has 0 spiro atoms. The van der Waals surface area contributed by atoms with Crippen molar-refractivity contribution in [2.24, 2.45) is 5.92 Å². The maximum atomic E-state index is 11.9. The highest BCUT2D eigenvalue weighted by molar-refractivity contribution is 5.70. The van der Waals surface area contributed by atoms with Crippen LogP contribution in [0.3, 0.4) is 0 Å². The molecule has 4 atom stereocenters. The zero-order valence-corrected chi connectivity index (χ0v) is 13.3. The molecule has 2 aromatic rings. The summed E-state index contributed by atoms with van der Waals surface area (Å²) in [7, 11) is 0. The fourth-order valence-electron chi connectivity index (χ4n) is 3.04. The van der Waals surface area contributed by atoms with Gasteiger partial charge in [0.25, 0.3) is 5.56 Å². The van der Waals surface area contributed by atoms with Crippen molar-refractivity contribution in [2.75, 3.05) is 25.6 Å². The minimum Gasteiger partial charge on any atom is -0.394 e. The predicted molar refractivity (Wildman–Crippen MR) is 87.3 cm³/mol. The molecule has 0 radical (unpaired) electrons. The van der Waals surface area contributed by atoms with Crippen LogP contribution in [-0.2, 0) is 9.47 Å². The lowest BCUT2D eigenvalue weighted by atomic mass is 9.95. The molecule has 1 saturated heterocycles. The third-order valence-electron chi connectivity index (χ3n) is 4.21. The SMILES string of the molecule is C#CCOCC[C@H]1[C@@H](O)[C@H](n2cnc3c(=O)[nH]c(N)nc32)O[C@@H]1CO. The molecule has 134 valence electrons. The van der Waals surface area contributed by atoms with Gasteiger partial charge >= 0.3 is 0 Å². The van der Waals surface area contributed by atoms with Crippen molar-refractivity contribution in [1.29, 1.82) is 0 Å². The maximum absolute atomic E-state index is 11.9. The van der Waals surface area contributed by atoms with Crippen molar-refractivity contribution < 1.29 is 19.7 Å². The van der Waals surface area contributed by atoms with Crippen LogP contribution < -0.4 is 11.3 Å². The highest BCUT2D eigenvalue weighted by atomic mass is 16.5. The molecule has 1 aliphatic heterocycles. The molecule has 3 rings (SSSR count). The quantitative estimate of drug-likeness (QED) is 0.368. The van der Waals surface area contributed by atoms with Gasteiger partial charge in [-0.3, -0.25) is 14.3 Å². The molecule has 0 amide bonds. The van der Waals surface area contributed by atoms with Crippen LogP contribution in [0, 0.1) is 18.3 Å². The zero-order chi connectivity index (χ0) is 18.0. The number of aliphatic hydroxyl groups is 2. The fraction of sp³-hybridized carbons (Fsp3) is 0.533. The van der Waals surface area contributed by atoms with Crippen molar-refractivity contribution in [3.05, 3.63) is 16.7 Å². The lowest BCUT2D eigenvalue weighted by Crippen LogP contribution is -2.29. The van der Waals surface area contributed by atoms with Crippen LogP contribution in [0.4, 0.5) is 5.95 Å². The van der Waals surface area contributed by atoms with Crippen LogP contribution >= 0.6 is 0 Å². The van der Waals surface area contributed by atoms with Gasteiger partial charge in [-0.1, -0.05) is 5.92 Å². The number of anilines is 1. The van der Waals surface area contributed by atoms with Gasteiger partial charge in [0, 0.05) is 12.5 Å². The number of terminal acetylenes is 1. The molecule has 25 heavy (non-hydrogen) atoms. The van der Waals surface area contributed by atoms with E-state index >= 15 is 0 Å². The molecular formula is C15H19N5O5. The Morgan fingerprint density at radius 3 is 3.08 bits per heavy atom. The number of H-pyrrole nitrogens is 1. The highest BCUT2D eigenvalue weighted by Gasteiger charge is 2.44. The summed E-state index contributed by atoms with van der Waals surface area (Å²) in [6.07, 6.45) is 4.53. The van der Waals surface area contributed by atoms with Crippen molar-refractivity contribution >= 4 is 17.1 Å². The van der Waals surface area contributed by atoms with Crippen LogP contribution in [0.25, 0.3) is 11.2 Å². The lowest BCUT2D eigenvalue weighted by Gasteiger charge is -2.19. The van der Waals surface area contributed by atoms with E-state index in [1.54, 1.807) is 0 Å². The number of nitrogens with two attached hydrogens (primary N) is 1. The van der Waals surface area contributed by atoms with Crippen LogP contribution in [0.5, 0.6) is 0 Å². The summed E-state index contributed by atoms with van der Waals surface area (Å²) in [5.41, 5.74) is 5.39. The Morgan fingerprint density at radius 1 is 1.56 bits per heavy atom. The number of nitrogens with zero attached hydrogens (tertiary/aromatic N) is 3. The second kappa shape index (κ2) is 7.20. The Labute approximate surface area is 142 Å². The van der Waals surface area contributed by atoms with Gasteiger partial charge in [-0.25, -0.2) is 4.98 Å². The first-order valence-corrected chi connectivity index (χ1v) is 7.74. The van der Waals surface area contributed by atoms with Crippen LogP contribution in [0.2, 0.25) is 0 Å². The first kappa shape index (κ1) is 17.4. The number of ether oxygens (including phenoxy) is 2. The number of aliphatic hydroxyl groups excluding tert-OH is 2. The molecule has 2 aromatic heterocycles. The van der Waals surface area contributed by atoms with E-state index in [-0.39, 0.29) is 36.2 Å². The normalized spacial score (nSPS) is 26.1. The number of aromatic nitrogens is 4. The summed E-state index contributed by atoms with van der Waals surface area (Å²) in [4.78, 5) is 22.3. The molecule has 0 aromatic carbocycles. The van der Waals surface area contributed by atoms with E-state index in [4.69, 9.17) is 21.6 Å². The zero-order valence-electron chi connectivity index (χ0n) is 13.3. The number of hydrogen-bond acceptors (Lipinski definition) is 8. The van der Waals surface area contributed by atoms with Crippen molar-refractivity contribution in [3.8, 4) is 12.3 Å². The van der Waals surface area contributed by atoms with Gasteiger partial charge in [0.15, 0.2) is 17.4 Å². The summed E-state index contributed by atoms with van der Waals surface area (Å²) >= 11 is 0. The Hall–Kier alpha value is -2.45. The molecule has 10 nitrogen and oxygen atoms in total. The molecule has 1 fully saturated rings. The van der Waals surface area contributed by atoms with Gasteiger partial charge in [-0.2, -0.15) is 4.98 Å². The topological polar surface area (TPSA) is 149 Å². The molecule has 0 aliphatic carbocycles. The van der Waals surface area contributed by atoms with Crippen LogP contribution in [-0.4, -0.2) is 61.8 Å². The highest BCUT2D eigenvalue weighted by Crippen LogP contribution is 2.36.